The van der Waals surface area contributed by atoms with Gasteiger partial charge in [-0.2, -0.15) is 13.2 Å². The molecule has 0 aliphatic carbocycles. The Bertz CT molecular complexity index is 1210. The number of alkyl halides is 3. The molecule has 8 nitrogen and oxygen atoms in total. The van der Waals surface area contributed by atoms with E-state index in [1.165, 1.54) is 19.9 Å². The number of carbonyl (C=O) groups is 3. The Balaban J connectivity index is 1.67. The minimum absolute atomic E-state index is 0.0139. The molecule has 11 heteroatoms. The maximum absolute atomic E-state index is 14.1. The first-order valence-corrected chi connectivity index (χ1v) is 11.3. The number of anilines is 2. The van der Waals surface area contributed by atoms with Crippen LogP contribution in [0.25, 0.3) is 11.6 Å². The van der Waals surface area contributed by atoms with Crippen molar-refractivity contribution in [1.82, 2.24) is 15.2 Å². The zero-order chi connectivity index (χ0) is 25.3. The molecule has 4 N–H and O–H groups in total. The molecular formula is C24H26F3N5O3. The average Bonchev–Trinajstić information content (AvgIpc) is 3.46. The number of aromatic nitrogens is 1. The molecule has 3 heterocycles. The van der Waals surface area contributed by atoms with Gasteiger partial charge in [0.2, 0.25) is 5.91 Å². The van der Waals surface area contributed by atoms with Crippen LogP contribution < -0.4 is 16.0 Å². The summed E-state index contributed by atoms with van der Waals surface area (Å²) in [6.07, 6.45) is -1.60. The van der Waals surface area contributed by atoms with Crippen LogP contribution in [0.4, 0.5) is 24.5 Å². The molecule has 1 aromatic carbocycles. The normalized spacial score (nSPS) is 16.9. The predicted molar refractivity (Wildman–Crippen MR) is 126 cm³/mol. The summed E-state index contributed by atoms with van der Waals surface area (Å²) in [5, 5.41) is 7.79. The number of amides is 3. The molecule has 2 aliphatic heterocycles. The van der Waals surface area contributed by atoms with E-state index in [1.807, 2.05) is 0 Å². The number of halogens is 3. The summed E-state index contributed by atoms with van der Waals surface area (Å²) in [5.41, 5.74) is -0.811. The number of benzene rings is 1. The molecule has 0 saturated carbocycles. The van der Waals surface area contributed by atoms with Crippen molar-refractivity contribution < 1.29 is 27.6 Å². The van der Waals surface area contributed by atoms with Crippen LogP contribution in [0.15, 0.2) is 18.2 Å². The van der Waals surface area contributed by atoms with Gasteiger partial charge in [-0.15, -0.1) is 0 Å². The molecule has 2 aromatic rings. The highest BCUT2D eigenvalue weighted by molar-refractivity contribution is 6.35. The lowest BCUT2D eigenvalue weighted by Crippen LogP contribution is -2.34. The van der Waals surface area contributed by atoms with Gasteiger partial charge in [0.1, 0.15) is 0 Å². The number of nitrogens with zero attached hydrogens (tertiary/aromatic N) is 1. The third-order valence-corrected chi connectivity index (χ3v) is 6.05. The molecule has 3 amide bonds. The van der Waals surface area contributed by atoms with Crippen LogP contribution in [0.5, 0.6) is 0 Å². The zero-order valence-electron chi connectivity index (χ0n) is 19.4. The minimum Gasteiger partial charge on any atom is -0.358 e. The second-order valence-electron chi connectivity index (χ2n) is 8.67. The summed E-state index contributed by atoms with van der Waals surface area (Å²) in [5.74, 6) is -1.73. The molecule has 1 fully saturated rings. The van der Waals surface area contributed by atoms with Crippen LogP contribution in [-0.4, -0.2) is 53.8 Å². The Morgan fingerprint density at radius 2 is 1.91 bits per heavy atom. The Kier molecular flexibility index (Phi) is 6.70. The maximum atomic E-state index is 14.1. The fraction of sp³-hybridized carbons (Fsp3) is 0.375. The van der Waals surface area contributed by atoms with Gasteiger partial charge in [0.25, 0.3) is 11.8 Å². The molecule has 1 aromatic heterocycles. The van der Waals surface area contributed by atoms with E-state index >= 15 is 0 Å². The average molecular weight is 489 g/mol. The summed E-state index contributed by atoms with van der Waals surface area (Å²) in [7, 11) is 0. The highest BCUT2D eigenvalue weighted by Crippen LogP contribution is 2.40. The van der Waals surface area contributed by atoms with Gasteiger partial charge in [-0.25, -0.2) is 0 Å². The first-order chi connectivity index (χ1) is 16.5. The van der Waals surface area contributed by atoms with Gasteiger partial charge in [0.15, 0.2) is 0 Å². The van der Waals surface area contributed by atoms with Gasteiger partial charge >= 0.3 is 6.18 Å². The molecule has 0 radical (unpaired) electrons. The van der Waals surface area contributed by atoms with Crippen molar-refractivity contribution in [3.05, 3.63) is 46.3 Å². The van der Waals surface area contributed by atoms with Crippen LogP contribution in [0, 0.1) is 6.92 Å². The van der Waals surface area contributed by atoms with Gasteiger partial charge in [0, 0.05) is 42.6 Å². The summed E-state index contributed by atoms with van der Waals surface area (Å²) in [6.45, 7) is 5.35. The number of nitrogens with one attached hydrogen (secondary N) is 4. The Hall–Kier alpha value is -3.60. The lowest BCUT2D eigenvalue weighted by molar-refractivity contribution is -0.138. The van der Waals surface area contributed by atoms with Crippen molar-refractivity contribution in [3.8, 4) is 0 Å². The summed E-state index contributed by atoms with van der Waals surface area (Å²) in [4.78, 5) is 41.5. The number of aromatic amines is 1. The zero-order valence-corrected chi connectivity index (χ0v) is 19.4. The number of H-pyrrole nitrogens is 1. The van der Waals surface area contributed by atoms with Crippen LogP contribution >= 0.6 is 0 Å². The van der Waals surface area contributed by atoms with Crippen LogP contribution in [0.1, 0.15) is 52.6 Å². The largest absolute Gasteiger partial charge is 0.419 e. The van der Waals surface area contributed by atoms with Gasteiger partial charge in [-0.1, -0.05) is 0 Å². The molecule has 0 unspecified atom stereocenters. The minimum atomic E-state index is -4.84. The van der Waals surface area contributed by atoms with Crippen LogP contribution in [0.2, 0.25) is 0 Å². The molecule has 186 valence electrons. The fourth-order valence-corrected chi connectivity index (χ4v) is 4.51. The Labute approximate surface area is 199 Å². The van der Waals surface area contributed by atoms with Crippen LogP contribution in [0.3, 0.4) is 0 Å². The van der Waals surface area contributed by atoms with E-state index in [4.69, 9.17) is 0 Å². The van der Waals surface area contributed by atoms with E-state index in [0.717, 1.165) is 32.0 Å². The van der Waals surface area contributed by atoms with Gasteiger partial charge in [-0.3, -0.25) is 14.4 Å². The van der Waals surface area contributed by atoms with Crippen molar-refractivity contribution in [3.63, 3.8) is 0 Å². The van der Waals surface area contributed by atoms with Gasteiger partial charge in [0.05, 0.1) is 22.4 Å². The van der Waals surface area contributed by atoms with E-state index in [1.54, 1.807) is 12.1 Å². The number of hydrogen-bond donors (Lipinski definition) is 4. The number of likely N-dealkylation sites (tertiary alicyclic amines) is 1. The van der Waals surface area contributed by atoms with E-state index in [0.29, 0.717) is 23.5 Å². The van der Waals surface area contributed by atoms with Crippen molar-refractivity contribution in [2.75, 3.05) is 36.8 Å². The summed E-state index contributed by atoms with van der Waals surface area (Å²) >= 11 is 0. The predicted octanol–water partition coefficient (Wildman–Crippen LogP) is 3.62. The van der Waals surface area contributed by atoms with Gasteiger partial charge < -0.3 is 25.8 Å². The smallest absolute Gasteiger partial charge is 0.358 e. The Morgan fingerprint density at radius 3 is 2.57 bits per heavy atom. The lowest BCUT2D eigenvalue weighted by atomic mass is 10.0. The standard InChI is InChI=1S/C24H26F3N5O3/c1-13-20(23(35)28-7-10-32-8-3-4-9-32)21(24(25,26)27)19(29-13)12-17-16-11-15(30-14(2)33)5-6-18(16)31-22(17)34/h5-6,11-12,29H,3-4,7-10H2,1-2H3,(H,28,35)(H,30,33)(H,31,34)/b17-12-. The quantitative estimate of drug-likeness (QED) is 0.465. The number of carbonyl (C=O) groups excluding carboxylic acids is 3. The monoisotopic (exact) mass is 489 g/mol. The summed E-state index contributed by atoms with van der Waals surface area (Å²) < 4.78 is 42.4. The van der Waals surface area contributed by atoms with Crippen molar-refractivity contribution in [2.24, 2.45) is 0 Å². The molecule has 0 atom stereocenters. The third-order valence-electron chi connectivity index (χ3n) is 6.05. The van der Waals surface area contributed by atoms with Crippen LogP contribution in [-0.2, 0) is 15.8 Å². The molecule has 0 bridgehead atoms. The van der Waals surface area contributed by atoms with E-state index in [-0.39, 0.29) is 29.4 Å². The van der Waals surface area contributed by atoms with Crippen molar-refractivity contribution in [2.45, 2.75) is 32.9 Å². The molecule has 35 heavy (non-hydrogen) atoms. The lowest BCUT2D eigenvalue weighted by Gasteiger charge is -2.15. The first kappa shape index (κ1) is 24.5. The number of hydrogen-bond acceptors (Lipinski definition) is 4. The topological polar surface area (TPSA) is 106 Å². The van der Waals surface area contributed by atoms with Gasteiger partial charge in [-0.05, 0) is 57.1 Å². The second kappa shape index (κ2) is 9.57. The molecule has 1 saturated heterocycles. The maximum Gasteiger partial charge on any atom is 0.419 e. The Morgan fingerprint density at radius 1 is 1.20 bits per heavy atom. The second-order valence-corrected chi connectivity index (χ2v) is 8.67. The number of fused-ring (bicyclic) bond motifs is 1. The SMILES string of the molecule is CC(=O)Nc1ccc2c(c1)/C(=C/c1[nH]c(C)c(C(=O)NCCN3CCCC3)c1C(F)(F)F)C(=O)N2. The first-order valence-electron chi connectivity index (χ1n) is 11.3. The highest BCUT2D eigenvalue weighted by atomic mass is 19.4. The third kappa shape index (κ3) is 5.24. The van der Waals surface area contributed by atoms with E-state index < -0.39 is 29.1 Å². The van der Waals surface area contributed by atoms with E-state index in [9.17, 15) is 27.6 Å². The van der Waals surface area contributed by atoms with Crippen molar-refractivity contribution in [1.29, 1.82) is 0 Å². The van der Waals surface area contributed by atoms with E-state index in [2.05, 4.69) is 25.8 Å². The highest BCUT2D eigenvalue weighted by Gasteiger charge is 2.41. The number of rotatable bonds is 6. The van der Waals surface area contributed by atoms with Crippen molar-refractivity contribution >= 4 is 40.7 Å². The fourth-order valence-electron chi connectivity index (χ4n) is 4.51. The number of aryl methyl sites for hydroxylation is 1. The molecular weight excluding hydrogens is 463 g/mol. The molecule has 4 rings (SSSR count). The molecule has 0 spiro atoms. The molecule has 2 aliphatic rings. The summed E-state index contributed by atoms with van der Waals surface area (Å²) in [6, 6.07) is 4.65.